The maximum absolute atomic E-state index is 10.8. The minimum Gasteiger partial charge on any atom is -0.303 e. The number of carbonyl (C=O) groups is 1. The molecule has 0 aliphatic heterocycles. The molecule has 0 saturated heterocycles. The number of nitrogens with zero attached hydrogens (tertiary/aromatic N) is 2. The molecule has 0 spiro atoms. The number of aromatic nitrogens is 2. The zero-order valence-electron chi connectivity index (χ0n) is 7.81. The van der Waals surface area contributed by atoms with Gasteiger partial charge in [0.1, 0.15) is 6.29 Å². The van der Waals surface area contributed by atoms with Crippen LogP contribution in [0.25, 0.3) is 0 Å². The summed E-state index contributed by atoms with van der Waals surface area (Å²) in [5, 5.41) is 4.08. The van der Waals surface area contributed by atoms with Crippen LogP contribution in [-0.2, 0) is 18.3 Å². The number of aryl methyl sites for hydroxylation is 1. The fraction of sp³-hybridized carbons (Fsp3) is 0.600. The maximum atomic E-state index is 10.8. The van der Waals surface area contributed by atoms with E-state index in [0.717, 1.165) is 18.4 Å². The Hall–Kier alpha value is -1.12. The van der Waals surface area contributed by atoms with E-state index in [1.54, 1.807) is 6.20 Å². The first-order valence-corrected chi connectivity index (χ1v) is 4.73. The van der Waals surface area contributed by atoms with Gasteiger partial charge in [0.05, 0.1) is 0 Å². The molecule has 1 aliphatic carbocycles. The van der Waals surface area contributed by atoms with Crippen LogP contribution in [0.3, 0.4) is 0 Å². The topological polar surface area (TPSA) is 34.9 Å². The summed E-state index contributed by atoms with van der Waals surface area (Å²) in [6.07, 6.45) is 6.18. The molecule has 1 atom stereocenters. The highest BCUT2D eigenvalue weighted by Gasteiger charge is 2.31. The molecule has 1 aromatic rings. The van der Waals surface area contributed by atoms with Crippen molar-refractivity contribution in [3.8, 4) is 0 Å². The van der Waals surface area contributed by atoms with Crippen molar-refractivity contribution in [2.75, 3.05) is 0 Å². The Kier molecular flexibility index (Phi) is 2.17. The van der Waals surface area contributed by atoms with Gasteiger partial charge in [-0.2, -0.15) is 5.10 Å². The molecular formula is C10H14N2O. The molecule has 1 aromatic heterocycles. The predicted molar refractivity (Wildman–Crippen MR) is 49.2 cm³/mol. The van der Waals surface area contributed by atoms with Crippen molar-refractivity contribution in [3.63, 3.8) is 0 Å². The summed E-state index contributed by atoms with van der Waals surface area (Å²) in [4.78, 5) is 10.8. The molecule has 1 aliphatic rings. The molecule has 3 nitrogen and oxygen atoms in total. The lowest BCUT2D eigenvalue weighted by molar-refractivity contribution is -0.111. The minimum absolute atomic E-state index is 0.218. The number of hydrogen-bond donors (Lipinski definition) is 0. The lowest BCUT2D eigenvalue weighted by Crippen LogP contribution is -2.11. The summed E-state index contributed by atoms with van der Waals surface area (Å²) in [7, 11) is 1.92. The lowest BCUT2D eigenvalue weighted by atomic mass is 10.00. The second-order valence-corrected chi connectivity index (χ2v) is 3.79. The van der Waals surface area contributed by atoms with Crippen LogP contribution in [0.5, 0.6) is 0 Å². The zero-order chi connectivity index (χ0) is 9.26. The molecule has 1 fully saturated rings. The SMILES string of the molecule is Cn1nccc1CC(C=O)C1CC1. The molecule has 0 bridgehead atoms. The van der Waals surface area contributed by atoms with Gasteiger partial charge in [-0.05, 0) is 31.2 Å². The van der Waals surface area contributed by atoms with Crippen molar-refractivity contribution in [1.29, 1.82) is 0 Å². The van der Waals surface area contributed by atoms with Gasteiger partial charge in [0.15, 0.2) is 0 Å². The molecule has 2 rings (SSSR count). The van der Waals surface area contributed by atoms with Crippen LogP contribution in [-0.4, -0.2) is 16.1 Å². The average molecular weight is 178 g/mol. The normalized spacial score (nSPS) is 18.5. The molecule has 70 valence electrons. The molecule has 0 aromatic carbocycles. The highest BCUT2D eigenvalue weighted by molar-refractivity contribution is 5.55. The number of aldehydes is 1. The Morgan fingerprint density at radius 1 is 1.77 bits per heavy atom. The van der Waals surface area contributed by atoms with E-state index < -0.39 is 0 Å². The molecule has 1 heterocycles. The average Bonchev–Trinajstić information content (AvgIpc) is 2.88. The Bertz CT molecular complexity index is 302. The van der Waals surface area contributed by atoms with Gasteiger partial charge >= 0.3 is 0 Å². The third kappa shape index (κ3) is 1.79. The first-order chi connectivity index (χ1) is 6.31. The van der Waals surface area contributed by atoms with Crippen molar-refractivity contribution < 1.29 is 4.79 Å². The van der Waals surface area contributed by atoms with Gasteiger partial charge in [-0.15, -0.1) is 0 Å². The standard InChI is InChI=1S/C10H14N2O/c1-12-10(4-5-11-12)6-9(7-13)8-2-3-8/h4-5,7-9H,2-3,6H2,1H3. The fourth-order valence-electron chi connectivity index (χ4n) is 1.69. The molecule has 0 N–H and O–H groups in total. The first kappa shape index (κ1) is 8.48. The Balaban J connectivity index is 2.03. The van der Waals surface area contributed by atoms with Crippen LogP contribution in [0.1, 0.15) is 18.5 Å². The summed E-state index contributed by atoms with van der Waals surface area (Å²) >= 11 is 0. The van der Waals surface area contributed by atoms with E-state index in [1.807, 2.05) is 17.8 Å². The zero-order valence-corrected chi connectivity index (χ0v) is 7.81. The van der Waals surface area contributed by atoms with Crippen molar-refractivity contribution in [3.05, 3.63) is 18.0 Å². The van der Waals surface area contributed by atoms with Gasteiger partial charge in [0, 0.05) is 24.9 Å². The van der Waals surface area contributed by atoms with Gasteiger partial charge in [-0.3, -0.25) is 4.68 Å². The number of carbonyl (C=O) groups excluding carboxylic acids is 1. The Labute approximate surface area is 77.7 Å². The molecule has 1 saturated carbocycles. The number of hydrogen-bond acceptors (Lipinski definition) is 2. The van der Waals surface area contributed by atoms with E-state index in [-0.39, 0.29) is 5.92 Å². The van der Waals surface area contributed by atoms with Crippen molar-refractivity contribution >= 4 is 6.29 Å². The van der Waals surface area contributed by atoms with Gasteiger partial charge in [0.25, 0.3) is 0 Å². The van der Waals surface area contributed by atoms with Crippen LogP contribution < -0.4 is 0 Å². The largest absolute Gasteiger partial charge is 0.303 e. The second-order valence-electron chi connectivity index (χ2n) is 3.79. The molecule has 13 heavy (non-hydrogen) atoms. The Morgan fingerprint density at radius 3 is 3.00 bits per heavy atom. The van der Waals surface area contributed by atoms with Gasteiger partial charge < -0.3 is 4.79 Å². The van der Waals surface area contributed by atoms with Gasteiger partial charge in [-0.25, -0.2) is 0 Å². The monoisotopic (exact) mass is 178 g/mol. The molecule has 0 radical (unpaired) electrons. The maximum Gasteiger partial charge on any atom is 0.123 e. The molecule has 1 unspecified atom stereocenters. The van der Waals surface area contributed by atoms with Gasteiger partial charge in [-0.1, -0.05) is 0 Å². The molecule has 3 heteroatoms. The summed E-state index contributed by atoms with van der Waals surface area (Å²) < 4.78 is 1.85. The molecule has 0 amide bonds. The predicted octanol–water partition coefficient (Wildman–Crippen LogP) is 1.19. The lowest BCUT2D eigenvalue weighted by Gasteiger charge is -2.07. The van der Waals surface area contributed by atoms with Crippen molar-refractivity contribution in [2.45, 2.75) is 19.3 Å². The van der Waals surface area contributed by atoms with E-state index >= 15 is 0 Å². The number of rotatable bonds is 4. The van der Waals surface area contributed by atoms with E-state index in [9.17, 15) is 4.79 Å². The summed E-state index contributed by atoms with van der Waals surface area (Å²) in [5.74, 6) is 0.864. The summed E-state index contributed by atoms with van der Waals surface area (Å²) in [6.45, 7) is 0. The fourth-order valence-corrected chi connectivity index (χ4v) is 1.69. The van der Waals surface area contributed by atoms with E-state index in [0.29, 0.717) is 5.92 Å². The van der Waals surface area contributed by atoms with Crippen LogP contribution >= 0.6 is 0 Å². The summed E-state index contributed by atoms with van der Waals surface area (Å²) in [5.41, 5.74) is 1.16. The highest BCUT2D eigenvalue weighted by Crippen LogP contribution is 2.37. The smallest absolute Gasteiger partial charge is 0.123 e. The van der Waals surface area contributed by atoms with Crippen LogP contribution in [0, 0.1) is 11.8 Å². The molecular weight excluding hydrogens is 164 g/mol. The Morgan fingerprint density at radius 2 is 2.54 bits per heavy atom. The van der Waals surface area contributed by atoms with E-state index in [1.165, 1.54) is 12.8 Å². The van der Waals surface area contributed by atoms with Crippen LogP contribution in [0.4, 0.5) is 0 Å². The van der Waals surface area contributed by atoms with Crippen molar-refractivity contribution in [1.82, 2.24) is 9.78 Å². The van der Waals surface area contributed by atoms with E-state index in [4.69, 9.17) is 0 Å². The quantitative estimate of drug-likeness (QED) is 0.649. The second kappa shape index (κ2) is 3.32. The summed E-state index contributed by atoms with van der Waals surface area (Å²) in [6, 6.07) is 1.98. The van der Waals surface area contributed by atoms with Crippen molar-refractivity contribution in [2.24, 2.45) is 18.9 Å². The van der Waals surface area contributed by atoms with Crippen LogP contribution in [0.2, 0.25) is 0 Å². The highest BCUT2D eigenvalue weighted by atomic mass is 16.1. The third-order valence-electron chi connectivity index (χ3n) is 2.77. The minimum atomic E-state index is 0.218. The third-order valence-corrected chi connectivity index (χ3v) is 2.77. The first-order valence-electron chi connectivity index (χ1n) is 4.73. The van der Waals surface area contributed by atoms with Crippen LogP contribution in [0.15, 0.2) is 12.3 Å². The van der Waals surface area contributed by atoms with Gasteiger partial charge in [0.2, 0.25) is 0 Å². The van der Waals surface area contributed by atoms with E-state index in [2.05, 4.69) is 5.10 Å².